The highest BCUT2D eigenvalue weighted by atomic mass is 79.9. The van der Waals surface area contributed by atoms with E-state index >= 15 is 0 Å². The molecule has 0 N–H and O–H groups in total. The van der Waals surface area contributed by atoms with Crippen molar-refractivity contribution in [3.05, 3.63) is 101 Å². The molecule has 0 heterocycles. The standard InChI is InChI=1S/C22H16BrO2S/c23-20-13-11-19(12-14-20)22(24)17-26(25,21-9-5-2-6-10-21)16-15-18-7-3-1-4-8-18/h1-14H,17H2/q+1. The molecule has 0 fully saturated rings. The molecule has 1 atom stereocenters. The number of hydrogen-bond acceptors (Lipinski definition) is 2. The molecule has 0 aliphatic heterocycles. The first-order valence-corrected chi connectivity index (χ1v) is 10.5. The monoisotopic (exact) mass is 423 g/mol. The van der Waals surface area contributed by atoms with E-state index in [1.54, 1.807) is 36.4 Å². The molecule has 0 aliphatic rings. The minimum atomic E-state index is -2.85. The molecule has 0 radical (unpaired) electrons. The molecule has 0 aliphatic carbocycles. The normalized spacial score (nSPS) is 12.5. The summed E-state index contributed by atoms with van der Waals surface area (Å²) in [5.41, 5.74) is 1.30. The Balaban J connectivity index is 1.96. The zero-order chi connectivity index (χ0) is 18.4. The Bertz CT molecular complexity index is 1000. The van der Waals surface area contributed by atoms with Crippen molar-refractivity contribution >= 4 is 31.6 Å². The van der Waals surface area contributed by atoms with Gasteiger partial charge in [-0.2, -0.15) is 0 Å². The average molecular weight is 424 g/mol. The van der Waals surface area contributed by atoms with Gasteiger partial charge in [-0.1, -0.05) is 68.7 Å². The molecule has 3 rings (SSSR count). The highest BCUT2D eigenvalue weighted by Crippen LogP contribution is 2.21. The molecule has 1 unspecified atom stereocenters. The average Bonchev–Trinajstić information content (AvgIpc) is 2.68. The summed E-state index contributed by atoms with van der Waals surface area (Å²) in [6.45, 7) is 0. The summed E-state index contributed by atoms with van der Waals surface area (Å²) in [5, 5.41) is 2.89. The second-order valence-corrected chi connectivity index (χ2v) is 8.89. The molecule has 26 heavy (non-hydrogen) atoms. The summed E-state index contributed by atoms with van der Waals surface area (Å²) in [6, 6.07) is 25.4. The minimum Gasteiger partial charge on any atom is -0.289 e. The quantitative estimate of drug-likeness (QED) is 0.328. The third-order valence-corrected chi connectivity index (χ3v) is 6.42. The van der Waals surface area contributed by atoms with E-state index < -0.39 is 9.93 Å². The van der Waals surface area contributed by atoms with Crippen LogP contribution in [-0.4, -0.2) is 11.5 Å². The molecule has 2 nitrogen and oxygen atoms in total. The van der Waals surface area contributed by atoms with E-state index in [4.69, 9.17) is 0 Å². The molecule has 3 aromatic rings. The van der Waals surface area contributed by atoms with Crippen LogP contribution in [0.3, 0.4) is 0 Å². The van der Waals surface area contributed by atoms with Crippen molar-refractivity contribution < 1.29 is 9.00 Å². The molecule has 4 heteroatoms. The van der Waals surface area contributed by atoms with Gasteiger partial charge < -0.3 is 0 Å². The van der Waals surface area contributed by atoms with E-state index in [0.717, 1.165) is 10.0 Å². The number of halogens is 1. The number of ketones is 1. The van der Waals surface area contributed by atoms with Crippen molar-refractivity contribution in [1.29, 1.82) is 0 Å². The predicted octanol–water partition coefficient (Wildman–Crippen LogP) is 5.20. The van der Waals surface area contributed by atoms with Gasteiger partial charge in [0.2, 0.25) is 15.7 Å². The molecule has 128 valence electrons. The van der Waals surface area contributed by atoms with Gasteiger partial charge in [0.1, 0.15) is 0 Å². The first-order valence-electron chi connectivity index (χ1n) is 8.00. The Morgan fingerprint density at radius 1 is 0.846 bits per heavy atom. The van der Waals surface area contributed by atoms with E-state index in [-0.39, 0.29) is 11.5 Å². The topological polar surface area (TPSA) is 34.1 Å². The van der Waals surface area contributed by atoms with Gasteiger partial charge in [0, 0.05) is 15.6 Å². The Morgan fingerprint density at radius 2 is 1.42 bits per heavy atom. The maximum absolute atomic E-state index is 13.6. The smallest absolute Gasteiger partial charge is 0.213 e. The molecule has 0 saturated carbocycles. The largest absolute Gasteiger partial charge is 0.289 e. The van der Waals surface area contributed by atoms with Gasteiger partial charge in [0.25, 0.3) is 0 Å². The summed E-state index contributed by atoms with van der Waals surface area (Å²) in [7, 11) is -2.85. The second-order valence-electron chi connectivity index (χ2n) is 5.66. The molecular formula is C22H16BrO2S+. The summed E-state index contributed by atoms with van der Waals surface area (Å²) in [6.07, 6.45) is 0. The fourth-order valence-electron chi connectivity index (χ4n) is 2.39. The second kappa shape index (κ2) is 8.27. The Kier molecular flexibility index (Phi) is 5.82. The van der Waals surface area contributed by atoms with E-state index in [1.807, 2.05) is 48.5 Å². The van der Waals surface area contributed by atoms with Crippen LogP contribution in [0.2, 0.25) is 0 Å². The van der Waals surface area contributed by atoms with Crippen LogP contribution < -0.4 is 0 Å². The molecule has 0 amide bonds. The zero-order valence-electron chi connectivity index (χ0n) is 13.9. The van der Waals surface area contributed by atoms with Gasteiger partial charge in [-0.15, -0.1) is 0 Å². The first kappa shape index (κ1) is 18.3. The van der Waals surface area contributed by atoms with Crippen LogP contribution in [0.4, 0.5) is 0 Å². The first-order chi connectivity index (χ1) is 12.6. The number of rotatable bonds is 4. The lowest BCUT2D eigenvalue weighted by molar-refractivity contribution is 0.102. The molecule has 0 spiro atoms. The third-order valence-electron chi connectivity index (χ3n) is 3.76. The minimum absolute atomic E-state index is 0.140. The van der Waals surface area contributed by atoms with E-state index in [0.29, 0.717) is 10.5 Å². The van der Waals surface area contributed by atoms with Gasteiger partial charge in [-0.05, 0) is 42.3 Å². The van der Waals surface area contributed by atoms with Crippen LogP contribution in [0.1, 0.15) is 15.9 Å². The maximum atomic E-state index is 13.6. The van der Waals surface area contributed by atoms with Crippen LogP contribution in [0.5, 0.6) is 0 Å². The Morgan fingerprint density at radius 3 is 2.04 bits per heavy atom. The SMILES string of the molecule is O=C(C[S+](=O)(C#Cc1ccccc1)c1ccccc1)c1ccc(Br)cc1. The van der Waals surface area contributed by atoms with Crippen LogP contribution in [0, 0.1) is 11.2 Å². The molecule has 0 aromatic heterocycles. The Hall–Kier alpha value is -2.48. The third kappa shape index (κ3) is 4.57. The van der Waals surface area contributed by atoms with Crippen LogP contribution in [0.15, 0.2) is 94.3 Å². The zero-order valence-corrected chi connectivity index (χ0v) is 16.3. The molecular weight excluding hydrogens is 408 g/mol. The van der Waals surface area contributed by atoms with Crippen molar-refractivity contribution in [2.24, 2.45) is 0 Å². The van der Waals surface area contributed by atoms with Gasteiger partial charge in [-0.3, -0.25) is 4.79 Å². The highest BCUT2D eigenvalue weighted by Gasteiger charge is 2.33. The molecule has 0 bridgehead atoms. The van der Waals surface area contributed by atoms with Gasteiger partial charge in [-0.25, -0.2) is 0 Å². The number of benzene rings is 3. The molecule has 0 saturated heterocycles. The number of hydrogen-bond donors (Lipinski definition) is 0. The van der Waals surface area contributed by atoms with Crippen LogP contribution >= 0.6 is 15.9 Å². The number of carbonyl (C=O) groups is 1. The highest BCUT2D eigenvalue weighted by molar-refractivity contribution is 9.10. The molecule has 3 aromatic carbocycles. The van der Waals surface area contributed by atoms with Gasteiger partial charge in [0.15, 0.2) is 15.9 Å². The summed E-state index contributed by atoms with van der Waals surface area (Å²) < 4.78 is 14.5. The van der Waals surface area contributed by atoms with Crippen molar-refractivity contribution in [2.75, 3.05) is 5.75 Å². The van der Waals surface area contributed by atoms with Crippen LogP contribution in [0.25, 0.3) is 0 Å². The van der Waals surface area contributed by atoms with Crippen molar-refractivity contribution in [2.45, 2.75) is 4.90 Å². The maximum Gasteiger partial charge on any atom is 0.213 e. The summed E-state index contributed by atoms with van der Waals surface area (Å²) >= 11 is 3.35. The van der Waals surface area contributed by atoms with E-state index in [9.17, 15) is 9.00 Å². The van der Waals surface area contributed by atoms with Crippen molar-refractivity contribution in [3.63, 3.8) is 0 Å². The van der Waals surface area contributed by atoms with Gasteiger partial charge in [0.05, 0.1) is 0 Å². The fraction of sp³-hybridized carbons (Fsp3) is 0.0455. The summed E-state index contributed by atoms with van der Waals surface area (Å²) in [5.74, 6) is 2.64. The van der Waals surface area contributed by atoms with E-state index in [2.05, 4.69) is 27.1 Å². The van der Waals surface area contributed by atoms with Crippen molar-refractivity contribution in [1.82, 2.24) is 0 Å². The van der Waals surface area contributed by atoms with Crippen molar-refractivity contribution in [3.8, 4) is 11.2 Å². The lowest BCUT2D eigenvalue weighted by atomic mass is 10.2. The summed E-state index contributed by atoms with van der Waals surface area (Å²) in [4.78, 5) is 13.3. The van der Waals surface area contributed by atoms with Crippen LogP contribution in [-0.2, 0) is 14.1 Å². The lowest BCUT2D eigenvalue weighted by Crippen LogP contribution is -2.21. The Labute approximate surface area is 162 Å². The van der Waals surface area contributed by atoms with Gasteiger partial charge >= 0.3 is 0 Å². The number of carbonyl (C=O) groups excluding carboxylic acids is 1. The fourth-order valence-corrected chi connectivity index (χ4v) is 4.42. The number of Topliss-reactive ketones (excluding diaryl/α,β-unsaturated/α-hetero) is 1. The van der Waals surface area contributed by atoms with E-state index in [1.165, 1.54) is 0 Å². The predicted molar refractivity (Wildman–Crippen MR) is 109 cm³/mol. The lowest BCUT2D eigenvalue weighted by Gasteiger charge is -2.05.